The van der Waals surface area contributed by atoms with E-state index in [9.17, 15) is 39.3 Å². The van der Waals surface area contributed by atoms with Crippen molar-refractivity contribution >= 4 is 35.6 Å². The van der Waals surface area contributed by atoms with Gasteiger partial charge in [-0.1, -0.05) is 41.5 Å². The summed E-state index contributed by atoms with van der Waals surface area (Å²) >= 11 is 0. The van der Waals surface area contributed by atoms with Crippen LogP contribution >= 0.6 is 0 Å². The molecule has 0 aromatic rings. The van der Waals surface area contributed by atoms with E-state index < -0.39 is 77.6 Å². The van der Waals surface area contributed by atoms with Crippen LogP contribution in [0.2, 0.25) is 0 Å². The minimum atomic E-state index is -1.17. The van der Waals surface area contributed by atoms with Gasteiger partial charge in [-0.05, 0) is 110 Å². The van der Waals surface area contributed by atoms with E-state index in [1.54, 1.807) is 0 Å². The Labute approximate surface area is 430 Å². The average Bonchev–Trinajstić information content (AvgIpc) is 4.19. The van der Waals surface area contributed by atoms with Gasteiger partial charge in [0.05, 0.1) is 23.6 Å². The molecule has 0 aromatic heterocycles. The minimum Gasteiger partial charge on any atom is -0.461 e. The quantitative estimate of drug-likeness (QED) is 0.0441. The summed E-state index contributed by atoms with van der Waals surface area (Å²) < 4.78 is 17.7. The molecule has 3 amide bonds. The van der Waals surface area contributed by atoms with E-state index in [0.717, 1.165) is 94.9 Å². The highest BCUT2D eigenvalue weighted by molar-refractivity contribution is 6.19. The topological polar surface area (TPSA) is 228 Å². The molecule has 0 saturated carbocycles. The molecule has 3 fully saturated rings. The van der Waals surface area contributed by atoms with Crippen molar-refractivity contribution in [2.75, 3.05) is 80.2 Å². The van der Waals surface area contributed by atoms with Gasteiger partial charge in [0.15, 0.2) is 0 Å². The molecule has 3 aliphatic carbocycles. The molecule has 3 aliphatic heterocycles. The number of likely N-dealkylation sites (tertiary alicyclic amines) is 3. The molecule has 0 unspecified atom stereocenters. The Bertz CT molecular complexity index is 2310. The summed E-state index contributed by atoms with van der Waals surface area (Å²) in [6.07, 6.45) is 7.98. The molecule has 392 valence electrons. The maximum atomic E-state index is 14.5. The van der Waals surface area contributed by atoms with E-state index >= 15 is 0 Å². The van der Waals surface area contributed by atoms with Gasteiger partial charge in [-0.25, -0.2) is 19.2 Å². The molecule has 18 nitrogen and oxygen atoms in total. The third kappa shape index (κ3) is 12.7. The minimum absolute atomic E-state index is 0.213. The fourth-order valence-electron chi connectivity index (χ4n) is 11.2. The average molecular weight is 1000 g/mol. The molecule has 3 saturated heterocycles. The van der Waals surface area contributed by atoms with Gasteiger partial charge in [0, 0.05) is 77.5 Å². The fourth-order valence-corrected chi connectivity index (χ4v) is 11.2. The summed E-state index contributed by atoms with van der Waals surface area (Å²) in [6.45, 7) is 22.9. The van der Waals surface area contributed by atoms with Crippen molar-refractivity contribution in [1.82, 2.24) is 30.7 Å². The predicted octanol–water partition coefficient (Wildman–Crippen LogP) is 5.79. The first-order chi connectivity index (χ1) is 34.6. The fraction of sp³-hybridized carbons (Fsp3) is 0.618. The summed E-state index contributed by atoms with van der Waals surface area (Å²) in [5.74, 6) is -6.70. The van der Waals surface area contributed by atoms with Gasteiger partial charge < -0.3 is 44.9 Å². The van der Waals surface area contributed by atoms with Gasteiger partial charge in [0.25, 0.3) is 17.7 Å². The van der Waals surface area contributed by atoms with E-state index in [2.05, 4.69) is 47.6 Å². The third-order valence-electron chi connectivity index (χ3n) is 14.7. The van der Waals surface area contributed by atoms with E-state index in [1.807, 2.05) is 41.5 Å². The monoisotopic (exact) mass is 1000 g/mol. The first-order valence-electron chi connectivity index (χ1n) is 25.6. The highest BCUT2D eigenvalue weighted by Gasteiger charge is 2.42. The molecule has 0 aromatic carbocycles. The number of hydrogen-bond donors (Lipinski definition) is 3. The van der Waals surface area contributed by atoms with Crippen LogP contribution in [-0.4, -0.2) is 131 Å². The summed E-state index contributed by atoms with van der Waals surface area (Å²) in [4.78, 5) is 95.0. The van der Waals surface area contributed by atoms with Crippen molar-refractivity contribution in [1.29, 1.82) is 10.5 Å². The standard InChI is InChI=1S/C55H73N9O9/c1-53(2)23-35(38(29-56)40(26-53)62-17-11-12-18-62)43(47(65)59-8)50(68)71-31-34(32-72-51(69)44(48(66)60-9)36-24-54(3,4)27-41(39(36)30-57)63-19-13-14-20-63)33-73-52(70)45(49(67)61-10)37-25-55(5,6)28-42(46(37)58-7)64-21-15-16-22-64/h34H,11-28,31-33H2,1-6,8-10H3,(H,59,65)(H,60,66)(H,61,67)/b43-35+,44-36+,45-37+. The molecular formula is C55H73N9O9. The van der Waals surface area contributed by atoms with Crippen LogP contribution in [0, 0.1) is 51.4 Å². The number of nitrogens with one attached hydrogen (secondary N) is 3. The molecule has 0 radical (unpaired) electrons. The van der Waals surface area contributed by atoms with Crippen molar-refractivity contribution in [2.45, 2.75) is 119 Å². The predicted molar refractivity (Wildman–Crippen MR) is 270 cm³/mol. The van der Waals surface area contributed by atoms with Gasteiger partial charge >= 0.3 is 17.9 Å². The van der Waals surface area contributed by atoms with Crippen molar-refractivity contribution in [3.8, 4) is 12.1 Å². The van der Waals surface area contributed by atoms with Gasteiger partial charge in [-0.15, -0.1) is 0 Å². The Hall–Kier alpha value is -6.87. The summed E-state index contributed by atoms with van der Waals surface area (Å²) in [6, 6.07) is 4.56. The van der Waals surface area contributed by atoms with Gasteiger partial charge in [0.2, 0.25) is 5.70 Å². The Morgan fingerprint density at radius 2 is 0.808 bits per heavy atom. The molecule has 6 aliphatic rings. The molecule has 6 rings (SSSR count). The van der Waals surface area contributed by atoms with Crippen LogP contribution in [-0.2, 0) is 43.0 Å². The van der Waals surface area contributed by atoms with Crippen LogP contribution in [0.15, 0.2) is 67.4 Å². The van der Waals surface area contributed by atoms with Crippen molar-refractivity contribution in [3.63, 3.8) is 0 Å². The summed E-state index contributed by atoms with van der Waals surface area (Å²) in [5, 5.41) is 28.8. The number of esters is 3. The largest absolute Gasteiger partial charge is 0.461 e. The van der Waals surface area contributed by atoms with Crippen LogP contribution in [0.1, 0.15) is 119 Å². The molecule has 18 heteroatoms. The Morgan fingerprint density at radius 1 is 0.521 bits per heavy atom. The van der Waals surface area contributed by atoms with Gasteiger partial charge in [-0.3, -0.25) is 14.4 Å². The lowest BCUT2D eigenvalue weighted by Gasteiger charge is -2.38. The lowest BCUT2D eigenvalue weighted by atomic mass is 9.72. The zero-order valence-corrected chi connectivity index (χ0v) is 44.3. The zero-order chi connectivity index (χ0) is 53.4. The first kappa shape index (κ1) is 55.4. The number of rotatable bonds is 15. The zero-order valence-electron chi connectivity index (χ0n) is 44.3. The maximum absolute atomic E-state index is 14.5. The molecule has 0 atom stereocenters. The number of nitrogens with zero attached hydrogens (tertiary/aromatic N) is 6. The lowest BCUT2D eigenvalue weighted by Crippen LogP contribution is -2.36. The number of hydrogen-bond acceptors (Lipinski definition) is 14. The second kappa shape index (κ2) is 23.3. The number of ether oxygens (including phenoxy) is 3. The van der Waals surface area contributed by atoms with Crippen LogP contribution < -0.4 is 16.0 Å². The number of carbonyl (C=O) groups excluding carboxylic acids is 6. The van der Waals surface area contributed by atoms with Crippen LogP contribution in [0.3, 0.4) is 0 Å². The molecule has 3 heterocycles. The lowest BCUT2D eigenvalue weighted by molar-refractivity contribution is -0.149. The molecule has 73 heavy (non-hydrogen) atoms. The Balaban J connectivity index is 1.39. The highest BCUT2D eigenvalue weighted by atomic mass is 16.6. The first-order valence-corrected chi connectivity index (χ1v) is 25.6. The van der Waals surface area contributed by atoms with E-state index in [4.69, 9.17) is 20.8 Å². The van der Waals surface area contributed by atoms with Crippen LogP contribution in [0.25, 0.3) is 4.85 Å². The molecule has 0 spiro atoms. The normalized spacial score (nSPS) is 22.5. The number of carbonyl (C=O) groups is 6. The van der Waals surface area contributed by atoms with Gasteiger partial charge in [0.1, 0.15) is 48.7 Å². The van der Waals surface area contributed by atoms with E-state index in [-0.39, 0.29) is 69.5 Å². The SMILES string of the molecule is [C-]#[N+]C1=C(N2CCCC2)CC(C)(C)C/C1=C(/C(=O)NC)C(=O)OCC(COC(=O)/C(C(=O)NC)=C1\CC(C)(C)CC(N2CCCC2)=C1C#N)COC(=O)/C(C(=O)NC)=C1\CC(C)(C)CC(N2CCCC2)=C1C#N. The number of amides is 3. The highest BCUT2D eigenvalue weighted by Crippen LogP contribution is 2.48. The summed E-state index contributed by atoms with van der Waals surface area (Å²) in [7, 11) is 4.10. The second-order valence-corrected chi connectivity index (χ2v) is 22.4. The molecule has 0 bridgehead atoms. The van der Waals surface area contributed by atoms with E-state index in [0.29, 0.717) is 19.3 Å². The van der Waals surface area contributed by atoms with Crippen LogP contribution in [0.5, 0.6) is 0 Å². The third-order valence-corrected chi connectivity index (χ3v) is 14.7. The smallest absolute Gasteiger partial charge is 0.344 e. The molecular weight excluding hydrogens is 931 g/mol. The summed E-state index contributed by atoms with van der Waals surface area (Å²) in [5.41, 5.74) is 1.25. The number of nitriles is 2. The Morgan fingerprint density at radius 3 is 1.11 bits per heavy atom. The van der Waals surface area contributed by atoms with E-state index in [1.165, 1.54) is 21.1 Å². The van der Waals surface area contributed by atoms with Gasteiger partial charge in [-0.2, -0.15) is 10.5 Å². The van der Waals surface area contributed by atoms with Crippen molar-refractivity contribution < 1.29 is 43.0 Å². The maximum Gasteiger partial charge on any atom is 0.344 e. The van der Waals surface area contributed by atoms with Crippen molar-refractivity contribution in [3.05, 3.63) is 78.8 Å². The number of likely N-dealkylation sites (N-methyl/N-ethyl adjacent to an activating group) is 3. The van der Waals surface area contributed by atoms with Crippen molar-refractivity contribution in [2.24, 2.45) is 22.2 Å². The number of allylic oxidation sites excluding steroid dienone is 8. The molecule has 3 N–H and O–H groups in total. The second-order valence-electron chi connectivity index (χ2n) is 22.4. The Kier molecular flexibility index (Phi) is 17.7. The van der Waals surface area contributed by atoms with Crippen LogP contribution in [0.4, 0.5) is 0 Å².